The van der Waals surface area contributed by atoms with Gasteiger partial charge < -0.3 is 30.4 Å². The molecule has 3 aromatic carbocycles. The van der Waals surface area contributed by atoms with E-state index in [9.17, 15) is 19.9 Å². The molecule has 48 heavy (non-hydrogen) atoms. The maximum atomic E-state index is 12.5. The van der Waals surface area contributed by atoms with Crippen molar-refractivity contribution in [1.29, 1.82) is 0 Å². The molecule has 9 nitrogen and oxygen atoms in total. The molecule has 1 aliphatic rings. The summed E-state index contributed by atoms with van der Waals surface area (Å²) < 4.78 is 13.8. The van der Waals surface area contributed by atoms with E-state index in [0.29, 0.717) is 36.7 Å². The number of hydrogen-bond donors (Lipinski definition) is 3. The number of carbonyl (C=O) groups excluding carboxylic acids is 2. The average Bonchev–Trinajstić information content (AvgIpc) is 3.12. The minimum Gasteiger partial charge on any atom is -0.618 e. The first kappa shape index (κ1) is 35.1. The van der Waals surface area contributed by atoms with Gasteiger partial charge in [0.2, 0.25) is 11.8 Å². The lowest BCUT2D eigenvalue weighted by Gasteiger charge is -2.36. The van der Waals surface area contributed by atoms with Crippen LogP contribution in [0.4, 0.5) is 0 Å². The number of benzene rings is 3. The molecule has 0 spiro atoms. The third kappa shape index (κ3) is 10.1. The number of hydrogen-bond acceptors (Lipinski definition) is 7. The molecule has 0 aliphatic carbocycles. The molecule has 4 aromatic rings. The lowest BCUT2D eigenvalue weighted by Crippen LogP contribution is -2.32. The lowest BCUT2D eigenvalue weighted by atomic mass is 9.97. The number of nitrogens with one attached hydrogen (secondary N) is 2. The second-order valence-corrected chi connectivity index (χ2v) is 12.9. The van der Waals surface area contributed by atoms with Crippen LogP contribution in [0, 0.1) is 5.21 Å². The number of aliphatic hydroxyl groups excluding tert-OH is 1. The van der Waals surface area contributed by atoms with Crippen LogP contribution in [0.3, 0.4) is 0 Å². The molecule has 0 radical (unpaired) electrons. The third-order valence-electron chi connectivity index (χ3n) is 8.26. The molecular formula is C38H43N3O6S. The number of carbonyl (C=O) groups is 2. The summed E-state index contributed by atoms with van der Waals surface area (Å²) in [6.45, 7) is 2.55. The second kappa shape index (κ2) is 17.8. The van der Waals surface area contributed by atoms with Gasteiger partial charge in [-0.3, -0.25) is 9.59 Å². The van der Waals surface area contributed by atoms with Crippen LogP contribution in [0.5, 0.6) is 0 Å². The lowest BCUT2D eigenvalue weighted by molar-refractivity contribution is -0.645. The van der Waals surface area contributed by atoms with Gasteiger partial charge in [0.15, 0.2) is 12.5 Å². The van der Waals surface area contributed by atoms with Gasteiger partial charge in [0.05, 0.1) is 18.8 Å². The van der Waals surface area contributed by atoms with Crippen molar-refractivity contribution in [3.05, 3.63) is 125 Å². The predicted octanol–water partition coefficient (Wildman–Crippen LogP) is 6.13. The molecular weight excluding hydrogens is 627 g/mol. The van der Waals surface area contributed by atoms with E-state index in [-0.39, 0.29) is 30.6 Å². The Morgan fingerprint density at radius 1 is 0.896 bits per heavy atom. The number of ether oxygens (including phenoxy) is 2. The zero-order valence-corrected chi connectivity index (χ0v) is 28.0. The van der Waals surface area contributed by atoms with Crippen molar-refractivity contribution in [2.75, 3.05) is 12.3 Å². The van der Waals surface area contributed by atoms with Gasteiger partial charge in [-0.15, -0.1) is 0 Å². The minimum atomic E-state index is -0.608. The zero-order chi connectivity index (χ0) is 33.7. The third-order valence-corrected chi connectivity index (χ3v) is 9.41. The number of unbranched alkanes of at least 4 members (excludes halogenated alkanes) is 2. The van der Waals surface area contributed by atoms with Crippen molar-refractivity contribution in [3.8, 4) is 11.1 Å². The molecule has 3 atom stereocenters. The molecule has 1 aliphatic heterocycles. The molecule has 5 rings (SSSR count). The maximum absolute atomic E-state index is 12.5. The highest BCUT2D eigenvalue weighted by molar-refractivity contribution is 7.99. The van der Waals surface area contributed by atoms with Crippen LogP contribution in [0.15, 0.2) is 102 Å². The molecule has 0 bridgehead atoms. The van der Waals surface area contributed by atoms with E-state index < -0.39 is 6.29 Å². The number of aromatic nitrogens is 1. The van der Waals surface area contributed by atoms with E-state index in [1.54, 1.807) is 12.1 Å². The molecule has 10 heteroatoms. The first-order valence-corrected chi connectivity index (χ1v) is 17.4. The smallest absolute Gasteiger partial charge is 0.251 e. The maximum Gasteiger partial charge on any atom is 0.251 e. The fraction of sp³-hybridized carbons (Fsp3) is 0.342. The second-order valence-electron chi connectivity index (χ2n) is 11.9. The van der Waals surface area contributed by atoms with E-state index >= 15 is 0 Å². The molecule has 0 saturated carbocycles. The Labute approximate surface area is 286 Å². The van der Waals surface area contributed by atoms with Gasteiger partial charge in [0, 0.05) is 56.3 Å². The fourth-order valence-corrected chi connectivity index (χ4v) is 6.57. The van der Waals surface area contributed by atoms with Gasteiger partial charge in [-0.05, 0) is 46.7 Å². The molecule has 3 N–H and O–H groups in total. The van der Waals surface area contributed by atoms with E-state index in [0.717, 1.165) is 57.4 Å². The van der Waals surface area contributed by atoms with Gasteiger partial charge in [0.25, 0.3) is 5.03 Å². The van der Waals surface area contributed by atoms with E-state index in [1.165, 1.54) is 24.9 Å². The highest BCUT2D eigenvalue weighted by Crippen LogP contribution is 2.39. The first-order valence-electron chi connectivity index (χ1n) is 16.4. The molecule has 2 heterocycles. The van der Waals surface area contributed by atoms with Crippen LogP contribution < -0.4 is 15.4 Å². The van der Waals surface area contributed by atoms with Crippen LogP contribution >= 0.6 is 11.8 Å². The molecule has 0 unspecified atom stereocenters. The van der Waals surface area contributed by atoms with Crippen molar-refractivity contribution < 1.29 is 28.9 Å². The van der Waals surface area contributed by atoms with Gasteiger partial charge in [0.1, 0.15) is 0 Å². The predicted molar refractivity (Wildman–Crippen MR) is 185 cm³/mol. The quantitative estimate of drug-likeness (QED) is 0.0602. The summed E-state index contributed by atoms with van der Waals surface area (Å²) >= 11 is 1.46. The average molecular weight is 670 g/mol. The summed E-state index contributed by atoms with van der Waals surface area (Å²) in [4.78, 5) is 23.5. The standard InChI is InChI=1S/C38H43N3O6S/c1-27(43)39-21-7-2-3-11-36(44)40-24-32-9-4-5-10-34(32)29-17-19-31(20-18-29)38-46-33(26-48-37-12-6-8-22-41(37)45)23-35(47-38)30-15-13-28(25-42)14-16-30/h4-6,8-10,12-20,22,33,35,38,42H,2-3,7,11,21,23-26H2,1H3,(H,39,43)(H,40,44)/t33-,35+,38+/m1/s1. The van der Waals surface area contributed by atoms with E-state index in [2.05, 4.69) is 16.7 Å². The van der Waals surface area contributed by atoms with Crippen molar-refractivity contribution in [2.24, 2.45) is 0 Å². The van der Waals surface area contributed by atoms with Gasteiger partial charge in [-0.25, -0.2) is 0 Å². The van der Waals surface area contributed by atoms with Crippen LogP contribution in [0.2, 0.25) is 0 Å². The summed E-state index contributed by atoms with van der Waals surface area (Å²) in [7, 11) is 0. The van der Waals surface area contributed by atoms with Crippen LogP contribution in [-0.4, -0.2) is 35.3 Å². The number of pyridine rings is 1. The van der Waals surface area contributed by atoms with Crippen LogP contribution in [0.1, 0.15) is 73.7 Å². The van der Waals surface area contributed by atoms with Gasteiger partial charge in [-0.2, -0.15) is 4.73 Å². The number of amides is 2. The van der Waals surface area contributed by atoms with Crippen molar-refractivity contribution in [2.45, 2.75) is 75.7 Å². The summed E-state index contributed by atoms with van der Waals surface area (Å²) in [5, 5.41) is 28.2. The summed E-state index contributed by atoms with van der Waals surface area (Å²) in [5.74, 6) is 0.567. The Bertz CT molecular complexity index is 1630. The molecule has 1 aromatic heterocycles. The molecule has 1 fully saturated rings. The fourth-order valence-electron chi connectivity index (χ4n) is 5.64. The Hall–Kier alpha value is -4.22. The molecule has 1 saturated heterocycles. The highest BCUT2D eigenvalue weighted by Gasteiger charge is 2.32. The first-order chi connectivity index (χ1) is 23.4. The molecule has 252 valence electrons. The largest absolute Gasteiger partial charge is 0.618 e. The Balaban J connectivity index is 1.24. The van der Waals surface area contributed by atoms with Crippen molar-refractivity contribution in [3.63, 3.8) is 0 Å². The summed E-state index contributed by atoms with van der Waals surface area (Å²) in [5.41, 5.74) is 5.80. The Morgan fingerprint density at radius 2 is 1.65 bits per heavy atom. The normalized spacial score (nSPS) is 17.5. The van der Waals surface area contributed by atoms with E-state index in [4.69, 9.17) is 9.47 Å². The zero-order valence-electron chi connectivity index (χ0n) is 27.2. The van der Waals surface area contributed by atoms with Crippen molar-refractivity contribution >= 4 is 23.6 Å². The minimum absolute atomic E-state index is 0.0110. The highest BCUT2D eigenvalue weighted by atomic mass is 32.2. The van der Waals surface area contributed by atoms with Crippen LogP contribution in [-0.2, 0) is 32.2 Å². The molecule has 2 amide bonds. The SMILES string of the molecule is CC(=O)NCCCCCC(=O)NCc1ccccc1-c1ccc([C@H]2O[C@@H](CSc3cccc[n+]3[O-])C[C@@H](c3ccc(CO)cc3)O2)cc1. The summed E-state index contributed by atoms with van der Waals surface area (Å²) in [6.07, 6.45) is 4.09. The number of nitrogens with zero attached hydrogens (tertiary/aromatic N) is 1. The topological polar surface area (TPSA) is 124 Å². The van der Waals surface area contributed by atoms with Crippen LogP contribution in [0.25, 0.3) is 11.1 Å². The van der Waals surface area contributed by atoms with Gasteiger partial charge in [-0.1, -0.05) is 91.0 Å². The number of rotatable bonds is 15. The number of aliphatic hydroxyl groups is 1. The van der Waals surface area contributed by atoms with Crippen molar-refractivity contribution in [1.82, 2.24) is 10.6 Å². The Kier molecular flexibility index (Phi) is 13.0. The van der Waals surface area contributed by atoms with E-state index in [1.807, 2.05) is 72.8 Å². The monoisotopic (exact) mass is 669 g/mol. The van der Waals surface area contributed by atoms with Gasteiger partial charge >= 0.3 is 0 Å². The number of thioether (sulfide) groups is 1. The summed E-state index contributed by atoms with van der Waals surface area (Å²) in [6, 6.07) is 29.3. The Morgan fingerprint density at radius 3 is 2.40 bits per heavy atom.